The lowest BCUT2D eigenvalue weighted by Gasteiger charge is -2.42. The summed E-state index contributed by atoms with van der Waals surface area (Å²) in [4.78, 5) is 16.6. The fourth-order valence-corrected chi connectivity index (χ4v) is 5.42. The molecule has 180 valence electrons. The second-order valence-corrected chi connectivity index (χ2v) is 9.51. The third kappa shape index (κ3) is 4.76. The van der Waals surface area contributed by atoms with Crippen molar-refractivity contribution in [1.29, 1.82) is 5.26 Å². The molecule has 1 spiro atoms. The Kier molecular flexibility index (Phi) is 6.59. The molecule has 1 unspecified atom stereocenters. The first-order valence-corrected chi connectivity index (χ1v) is 11.5. The van der Waals surface area contributed by atoms with Gasteiger partial charge < -0.3 is 14.9 Å². The molecule has 1 amide bonds. The topological polar surface area (TPSA) is 67.6 Å². The molecule has 4 rings (SSSR count). The molecule has 1 N–H and O–H groups in total. The zero-order chi connectivity index (χ0) is 24.5. The Morgan fingerprint density at radius 1 is 1.21 bits per heavy atom. The Labute approximate surface area is 197 Å². The lowest BCUT2D eigenvalue weighted by atomic mass is 9.71. The van der Waals surface area contributed by atoms with Crippen LogP contribution in [0.1, 0.15) is 35.1 Å². The highest BCUT2D eigenvalue weighted by Crippen LogP contribution is 2.46. The largest absolute Gasteiger partial charge is 0.417 e. The molecule has 2 aromatic rings. The molecule has 0 radical (unpaired) electrons. The number of anilines is 1. The van der Waals surface area contributed by atoms with Crippen molar-refractivity contribution in [3.8, 4) is 6.07 Å². The first-order chi connectivity index (χ1) is 16.1. The molecule has 34 heavy (non-hydrogen) atoms. The van der Waals surface area contributed by atoms with Gasteiger partial charge in [-0.05, 0) is 48.9 Å². The van der Waals surface area contributed by atoms with E-state index in [-0.39, 0.29) is 23.8 Å². The Hall–Kier alpha value is -3.05. The third-order valence-corrected chi connectivity index (χ3v) is 7.38. The van der Waals surface area contributed by atoms with Gasteiger partial charge in [0.2, 0.25) is 5.91 Å². The van der Waals surface area contributed by atoms with Gasteiger partial charge in [-0.15, -0.1) is 0 Å². The number of aliphatic hydroxyl groups excluding tert-OH is 1. The highest BCUT2D eigenvalue weighted by atomic mass is 19.4. The Morgan fingerprint density at radius 2 is 1.94 bits per heavy atom. The van der Waals surface area contributed by atoms with Crippen LogP contribution in [0.2, 0.25) is 0 Å². The summed E-state index contributed by atoms with van der Waals surface area (Å²) in [6, 6.07) is 13.3. The number of amides is 1. The molecule has 2 aromatic carbocycles. The van der Waals surface area contributed by atoms with Crippen LogP contribution in [0.5, 0.6) is 0 Å². The predicted molar refractivity (Wildman–Crippen MR) is 122 cm³/mol. The number of hydrogen-bond donors (Lipinski definition) is 1. The number of rotatable bonds is 4. The number of nitriles is 1. The third-order valence-electron chi connectivity index (χ3n) is 7.38. The monoisotopic (exact) mass is 471 g/mol. The van der Waals surface area contributed by atoms with Crippen molar-refractivity contribution in [2.75, 3.05) is 37.7 Å². The van der Waals surface area contributed by atoms with E-state index in [2.05, 4.69) is 0 Å². The van der Waals surface area contributed by atoms with Gasteiger partial charge in [-0.1, -0.05) is 29.8 Å². The summed E-state index contributed by atoms with van der Waals surface area (Å²) in [7, 11) is 0. The van der Waals surface area contributed by atoms with Gasteiger partial charge in [-0.2, -0.15) is 18.4 Å². The zero-order valence-electron chi connectivity index (χ0n) is 19.1. The number of carbonyl (C=O) groups is 1. The summed E-state index contributed by atoms with van der Waals surface area (Å²) in [5, 5.41) is 19.1. The summed E-state index contributed by atoms with van der Waals surface area (Å²) in [5.74, 6) is -0.0238. The fraction of sp³-hybridized carbons (Fsp3) is 0.462. The number of benzene rings is 2. The van der Waals surface area contributed by atoms with E-state index >= 15 is 0 Å². The molecule has 2 aliphatic rings. The second kappa shape index (κ2) is 9.30. The average Bonchev–Trinajstić information content (AvgIpc) is 3.16. The minimum atomic E-state index is -4.61. The standard InChI is InChI=1S/C26H28F3N3O2/c1-18-3-2-4-19(11-18)12-24(34)31-9-7-25(8-10-31)17-32(15-21(25)16-33)22-6-5-20(14-30)23(13-22)26(27,28)29/h2-6,11,13,21,33H,7-10,12,15-17H2,1H3. The molecular formula is C26H28F3N3O2. The van der Waals surface area contributed by atoms with E-state index in [0.717, 1.165) is 17.2 Å². The molecule has 2 heterocycles. The van der Waals surface area contributed by atoms with Gasteiger partial charge >= 0.3 is 6.18 Å². The van der Waals surface area contributed by atoms with Crippen molar-refractivity contribution >= 4 is 11.6 Å². The molecule has 0 bridgehead atoms. The molecule has 2 saturated heterocycles. The van der Waals surface area contributed by atoms with Crippen molar-refractivity contribution in [3.63, 3.8) is 0 Å². The van der Waals surface area contributed by atoms with E-state index in [1.54, 1.807) is 12.1 Å². The maximum absolute atomic E-state index is 13.4. The van der Waals surface area contributed by atoms with Crippen LogP contribution in [0.15, 0.2) is 42.5 Å². The Balaban J connectivity index is 1.46. The SMILES string of the molecule is Cc1cccc(CC(=O)N2CCC3(CC2)CN(c2ccc(C#N)c(C(F)(F)F)c2)CC3CO)c1. The first-order valence-electron chi connectivity index (χ1n) is 11.5. The van der Waals surface area contributed by atoms with E-state index in [1.807, 2.05) is 41.0 Å². The van der Waals surface area contributed by atoms with Crippen LogP contribution < -0.4 is 4.90 Å². The van der Waals surface area contributed by atoms with Crippen LogP contribution in [0.4, 0.5) is 18.9 Å². The molecule has 2 fully saturated rings. The van der Waals surface area contributed by atoms with Gasteiger partial charge in [-0.25, -0.2) is 0 Å². The summed E-state index contributed by atoms with van der Waals surface area (Å²) >= 11 is 0. The van der Waals surface area contributed by atoms with Gasteiger partial charge in [0.05, 0.1) is 23.6 Å². The molecule has 8 heteroatoms. The number of aliphatic hydroxyl groups is 1. The Morgan fingerprint density at radius 3 is 2.56 bits per heavy atom. The first kappa shape index (κ1) is 24.1. The van der Waals surface area contributed by atoms with Crippen molar-refractivity contribution < 1.29 is 23.1 Å². The number of aryl methyl sites for hydroxylation is 1. The zero-order valence-corrected chi connectivity index (χ0v) is 19.1. The molecule has 0 aliphatic carbocycles. The maximum atomic E-state index is 13.4. The highest BCUT2D eigenvalue weighted by molar-refractivity contribution is 5.79. The quantitative estimate of drug-likeness (QED) is 0.727. The van der Waals surface area contributed by atoms with Crippen molar-refractivity contribution in [3.05, 3.63) is 64.7 Å². The van der Waals surface area contributed by atoms with Gasteiger partial charge in [0.25, 0.3) is 0 Å². The number of halogens is 3. The number of likely N-dealkylation sites (tertiary alicyclic amines) is 1. The molecule has 0 saturated carbocycles. The van der Waals surface area contributed by atoms with Crippen molar-refractivity contribution in [2.45, 2.75) is 32.4 Å². The number of nitrogens with zero attached hydrogens (tertiary/aromatic N) is 3. The fourth-order valence-electron chi connectivity index (χ4n) is 5.42. The van der Waals surface area contributed by atoms with E-state index in [1.165, 1.54) is 6.07 Å². The maximum Gasteiger partial charge on any atom is 0.417 e. The van der Waals surface area contributed by atoms with E-state index in [0.29, 0.717) is 51.1 Å². The van der Waals surface area contributed by atoms with Crippen LogP contribution in [-0.2, 0) is 17.4 Å². The van der Waals surface area contributed by atoms with Crippen LogP contribution in [0, 0.1) is 29.6 Å². The lowest BCUT2D eigenvalue weighted by molar-refractivity contribution is -0.137. The molecular weight excluding hydrogens is 443 g/mol. The van der Waals surface area contributed by atoms with Gasteiger partial charge in [-0.3, -0.25) is 4.79 Å². The summed E-state index contributed by atoms with van der Waals surface area (Å²) in [6.07, 6.45) is -2.89. The van der Waals surface area contributed by atoms with Crippen molar-refractivity contribution in [2.24, 2.45) is 11.3 Å². The number of alkyl halides is 3. The highest BCUT2D eigenvalue weighted by Gasteiger charge is 2.48. The molecule has 5 nitrogen and oxygen atoms in total. The average molecular weight is 472 g/mol. The van der Waals surface area contributed by atoms with Crippen LogP contribution in [0.3, 0.4) is 0 Å². The van der Waals surface area contributed by atoms with E-state index in [4.69, 9.17) is 5.26 Å². The normalized spacial score (nSPS) is 19.9. The van der Waals surface area contributed by atoms with Crippen LogP contribution in [-0.4, -0.2) is 48.7 Å². The van der Waals surface area contributed by atoms with Gasteiger partial charge in [0.15, 0.2) is 0 Å². The molecule has 1 atom stereocenters. The minimum absolute atomic E-state index is 0.0594. The van der Waals surface area contributed by atoms with Gasteiger partial charge in [0.1, 0.15) is 0 Å². The number of hydrogen-bond acceptors (Lipinski definition) is 4. The number of carbonyl (C=O) groups excluding carboxylic acids is 1. The van der Waals surface area contributed by atoms with E-state index < -0.39 is 17.3 Å². The van der Waals surface area contributed by atoms with Crippen molar-refractivity contribution in [1.82, 2.24) is 4.90 Å². The number of piperidine rings is 1. The summed E-state index contributed by atoms with van der Waals surface area (Å²) in [6.45, 7) is 4.02. The molecule has 2 aliphatic heterocycles. The Bertz CT molecular complexity index is 1100. The van der Waals surface area contributed by atoms with E-state index in [9.17, 15) is 23.1 Å². The summed E-state index contributed by atoms with van der Waals surface area (Å²) < 4.78 is 40.3. The lowest BCUT2D eigenvalue weighted by Crippen LogP contribution is -2.47. The van der Waals surface area contributed by atoms with Gasteiger partial charge in [0, 0.05) is 44.4 Å². The minimum Gasteiger partial charge on any atom is -0.396 e. The van der Waals surface area contributed by atoms with Crippen LogP contribution in [0.25, 0.3) is 0 Å². The predicted octanol–water partition coefficient (Wildman–Crippen LogP) is 4.17. The van der Waals surface area contributed by atoms with Crippen LogP contribution >= 0.6 is 0 Å². The smallest absolute Gasteiger partial charge is 0.396 e. The second-order valence-electron chi connectivity index (χ2n) is 9.51. The molecule has 0 aromatic heterocycles. The summed E-state index contributed by atoms with van der Waals surface area (Å²) in [5.41, 5.74) is 0.888.